The van der Waals surface area contributed by atoms with Crippen molar-refractivity contribution in [2.75, 3.05) is 59.5 Å². The molecule has 0 bridgehead atoms. The topological polar surface area (TPSA) is 636 Å². The monoisotopic (exact) mass is 1670 g/mol. The summed E-state index contributed by atoms with van der Waals surface area (Å²) >= 11 is 0. The van der Waals surface area contributed by atoms with Crippen LogP contribution in [-0.2, 0) is 90.2 Å². The molecule has 5 aliphatic carbocycles. The van der Waals surface area contributed by atoms with Crippen LogP contribution in [0, 0.1) is 50.2 Å². The fourth-order valence-corrected chi connectivity index (χ4v) is 21.4. The van der Waals surface area contributed by atoms with Crippen molar-refractivity contribution in [3.63, 3.8) is 0 Å². The smallest absolute Gasteiger partial charge is 0.317 e. The van der Waals surface area contributed by atoms with Crippen LogP contribution < -0.4 is 5.32 Å². The third kappa shape index (κ3) is 15.9. The number of fused-ring (bicyclic) bond motifs is 7. The molecule has 0 radical (unpaired) electrons. The normalized spacial score (nSPS) is 53.5. The highest BCUT2D eigenvalue weighted by molar-refractivity contribution is 5.80. The number of nitrogens with one attached hydrogen (secondary N) is 1. The number of aliphatic hydroxyl groups is 21. The number of carbonyl (C=O) groups is 3. The second-order valence-corrected chi connectivity index (χ2v) is 35.9. The summed E-state index contributed by atoms with van der Waals surface area (Å²) in [7, 11) is 0. The minimum absolute atomic E-state index is 0.0148. The first-order chi connectivity index (χ1) is 54.6. The van der Waals surface area contributed by atoms with Gasteiger partial charge in [0.2, 0.25) is 12.2 Å². The molecule has 0 aromatic heterocycles. The number of rotatable bonds is 23. The van der Waals surface area contributed by atoms with E-state index in [0.29, 0.717) is 38.5 Å². The molecule has 13 rings (SSSR count). The average Bonchev–Trinajstić information content (AvgIpc) is 0.746. The Hall–Kier alpha value is -3.09. The van der Waals surface area contributed by atoms with Gasteiger partial charge in [-0.25, -0.2) is 0 Å². The summed E-state index contributed by atoms with van der Waals surface area (Å²) < 4.78 is 95.4. The van der Waals surface area contributed by atoms with Crippen molar-refractivity contribution in [3.8, 4) is 0 Å². The molecule has 20 unspecified atom stereocenters. The molecule has 116 heavy (non-hydrogen) atoms. The Kier molecular flexibility index (Phi) is 27.2. The molecule has 22 N–H and O–H groups in total. The van der Waals surface area contributed by atoms with E-state index in [-0.39, 0.29) is 25.2 Å². The highest BCUT2D eigenvalue weighted by Crippen LogP contribution is 2.76. The maximum Gasteiger partial charge on any atom is 0.317 e. The quantitative estimate of drug-likeness (QED) is 0.0195. The number of allylic oxidation sites excluding steroid dienone is 2. The molecule has 12 fully saturated rings. The maximum atomic E-state index is 16.1. The lowest BCUT2D eigenvalue weighted by Crippen LogP contribution is -2.70. The summed E-state index contributed by atoms with van der Waals surface area (Å²) in [5, 5.41) is 234. The van der Waals surface area contributed by atoms with Crippen LogP contribution in [0.4, 0.5) is 0 Å². The van der Waals surface area contributed by atoms with Gasteiger partial charge in [0.1, 0.15) is 158 Å². The number of esters is 1. The molecule has 41 nitrogen and oxygen atoms in total. The molecule has 44 atom stereocenters. The number of hydrogen-bond donors (Lipinski definition) is 22. The molecular weight excluding hydrogens is 1550 g/mol. The van der Waals surface area contributed by atoms with Gasteiger partial charge >= 0.3 is 5.97 Å². The molecule has 8 heterocycles. The summed E-state index contributed by atoms with van der Waals surface area (Å²) in [6.45, 7) is 7.01. The number of hydrogen-bond acceptors (Lipinski definition) is 40. The summed E-state index contributed by atoms with van der Waals surface area (Å²) in [5.41, 5.74) is -7.12. The lowest BCUT2D eigenvalue weighted by Gasteiger charge is -2.71. The van der Waals surface area contributed by atoms with E-state index in [2.05, 4.69) is 32.2 Å². The molecule has 0 spiro atoms. The van der Waals surface area contributed by atoms with Crippen molar-refractivity contribution in [3.05, 3.63) is 11.6 Å². The molecule has 1 amide bonds. The van der Waals surface area contributed by atoms with Crippen molar-refractivity contribution >= 4 is 18.2 Å². The van der Waals surface area contributed by atoms with Gasteiger partial charge in [-0.15, -0.1) is 0 Å². The van der Waals surface area contributed by atoms with Gasteiger partial charge in [-0.2, -0.15) is 0 Å². The minimum atomic E-state index is -2.18. The number of aldehydes is 1. The average molecular weight is 1670 g/mol. The second kappa shape index (κ2) is 34.8. The summed E-state index contributed by atoms with van der Waals surface area (Å²) in [4.78, 5) is 44.2. The van der Waals surface area contributed by atoms with Gasteiger partial charge in [0.25, 0.3) is 0 Å². The largest absolute Gasteiger partial charge is 0.432 e. The Labute approximate surface area is 667 Å². The van der Waals surface area contributed by atoms with Crippen LogP contribution in [0.1, 0.15) is 106 Å². The van der Waals surface area contributed by atoms with Crippen LogP contribution in [0.15, 0.2) is 11.6 Å². The van der Waals surface area contributed by atoms with Crippen molar-refractivity contribution in [1.29, 1.82) is 0 Å². The molecular formula is C75H119NO40. The first kappa shape index (κ1) is 90.6. The maximum absolute atomic E-state index is 16.1. The zero-order valence-electron chi connectivity index (χ0n) is 65.5. The van der Waals surface area contributed by atoms with Gasteiger partial charge in [0.15, 0.2) is 50.1 Å². The Balaban J connectivity index is 0.756. The van der Waals surface area contributed by atoms with Crippen LogP contribution in [0.2, 0.25) is 0 Å². The standard InChI is InChI=1S/C75H119NO40/c1-28-54(111-62-53(97)55(32(83)22-102-62)112-67-59(98)74(100,26-81)27-105-67)48(92)52(96)63(106-28)114-57-46(90)42(76-41(86)24-104-60-50(94)45(89)36(20-79)108-60)34(18-77)107-66(57)116-68(99)75-15-14-69(2,3)16-30(75)29-8-9-38-70(4)12-11-40(71(5,25-80)37(70)10-13-72(38,6)73(29,7)17-39(75)85)110-65-58(115-64-51(95)47(91)44(88)35(19-78)109-64)56(33(84)23-103-65)113-61-49(93)43(87)31(82)21-101-61/h8,25,28,30-40,42-67,77-79,81-85,87-98,100H,9-24,26-27H2,1-7H3,(H,76,86)/t28?,30?,31-,32-,33-,34-,35?,36?,37-,38?,39-,40+,42+,43+,44+,45?,46?,47+,48?,49?,50?,51?,52?,53?,54+,55?,56+,57?,58?,59?,60-,61+,62+,63+,64+,65+,66+,67+,70?,71?,72-,73?,74+,75-/m1/s1. The van der Waals surface area contributed by atoms with E-state index in [4.69, 9.17) is 75.8 Å². The first-order valence-electron chi connectivity index (χ1n) is 40.0. The predicted molar refractivity (Wildman–Crippen MR) is 377 cm³/mol. The Bertz CT molecular complexity index is 3410. The van der Waals surface area contributed by atoms with E-state index in [1.165, 1.54) is 6.92 Å². The van der Waals surface area contributed by atoms with E-state index in [1.807, 2.05) is 13.8 Å². The van der Waals surface area contributed by atoms with Crippen molar-refractivity contribution in [1.82, 2.24) is 5.32 Å². The second-order valence-electron chi connectivity index (χ2n) is 35.9. The molecule has 13 aliphatic rings. The van der Waals surface area contributed by atoms with Crippen LogP contribution in [0.3, 0.4) is 0 Å². The Morgan fingerprint density at radius 2 is 1.08 bits per heavy atom. The van der Waals surface area contributed by atoms with E-state index < -0.39 is 336 Å². The van der Waals surface area contributed by atoms with Crippen LogP contribution in [0.25, 0.3) is 0 Å². The summed E-state index contributed by atoms with van der Waals surface area (Å²) in [5.74, 6) is -3.49. The van der Waals surface area contributed by atoms with E-state index >= 15 is 4.79 Å². The fourth-order valence-electron chi connectivity index (χ4n) is 21.4. The van der Waals surface area contributed by atoms with Crippen molar-refractivity contribution in [2.24, 2.45) is 50.2 Å². The number of ether oxygens (including phenoxy) is 16. The number of carbonyl (C=O) groups excluding carboxylic acids is 3. The minimum Gasteiger partial charge on any atom is -0.432 e. The Morgan fingerprint density at radius 3 is 1.73 bits per heavy atom. The van der Waals surface area contributed by atoms with Gasteiger partial charge in [0, 0.05) is 0 Å². The molecule has 0 aromatic rings. The zero-order valence-corrected chi connectivity index (χ0v) is 65.5. The highest BCUT2D eigenvalue weighted by atomic mass is 16.8. The lowest BCUT2D eigenvalue weighted by molar-refractivity contribution is -0.384. The SMILES string of the molecule is CC1O[C@@H](OC2C(O)[C@@H](NC(=O)CO[C@@H]3OC(CO)C(O)C3O)[C@@H](CO)O[C@H]2OC(=O)[C@]23CCC(C)(C)CC2C2=CCC4C5(C)CC[C@H](O[C@@H]6OC[C@@H](O)[C@H](O[C@@H]7OC[C@@H](O)[C@H](O)C7O)C6O[C@@H]6OC(CO)[C@H](O)[C@H](O)C6O)C(C)(C=O)[C@@H]5CC[C@@]4(C)C2(C)C[C@H]3O)C(O)C(O)[C@H]1O[C@@H]1OC[C@@H](O)C(O[C@@H]2OC[C@@](O)(CO)C2O)C1O. The molecule has 0 aromatic carbocycles. The van der Waals surface area contributed by atoms with Crippen molar-refractivity contribution in [2.45, 2.75) is 327 Å². The lowest BCUT2D eigenvalue weighted by atomic mass is 9.33. The first-order valence-corrected chi connectivity index (χ1v) is 40.0. The van der Waals surface area contributed by atoms with Crippen molar-refractivity contribution < 1.29 is 197 Å². The summed E-state index contributed by atoms with van der Waals surface area (Å²) in [6, 6.07) is -1.72. The molecule has 664 valence electrons. The van der Waals surface area contributed by atoms with E-state index in [1.54, 1.807) is 6.92 Å². The van der Waals surface area contributed by atoms with Gasteiger partial charge in [-0.3, -0.25) is 9.59 Å². The van der Waals surface area contributed by atoms with Gasteiger partial charge in [-0.1, -0.05) is 53.2 Å². The molecule has 41 heteroatoms. The van der Waals surface area contributed by atoms with Gasteiger partial charge in [-0.05, 0) is 104 Å². The number of aliphatic hydroxyl groups excluding tert-OH is 20. The summed E-state index contributed by atoms with van der Waals surface area (Å²) in [6.07, 6.45) is -53.1. The van der Waals surface area contributed by atoms with E-state index in [0.717, 1.165) is 11.9 Å². The third-order valence-electron chi connectivity index (χ3n) is 28.5. The Morgan fingerprint density at radius 1 is 0.517 bits per heavy atom. The van der Waals surface area contributed by atoms with Gasteiger partial charge < -0.3 is 193 Å². The number of amides is 1. The van der Waals surface area contributed by atoms with Crippen LogP contribution >= 0.6 is 0 Å². The van der Waals surface area contributed by atoms with Gasteiger partial charge in [0.05, 0.1) is 82.6 Å². The molecule has 8 saturated heterocycles. The van der Waals surface area contributed by atoms with Crippen LogP contribution in [0.5, 0.6) is 0 Å². The van der Waals surface area contributed by atoms with E-state index in [9.17, 15) is 117 Å². The third-order valence-corrected chi connectivity index (χ3v) is 28.5. The zero-order chi connectivity index (χ0) is 84.3. The predicted octanol–water partition coefficient (Wildman–Crippen LogP) is -9.25. The highest BCUT2D eigenvalue weighted by Gasteiger charge is 2.73. The molecule has 8 aliphatic heterocycles. The van der Waals surface area contributed by atoms with Crippen LogP contribution in [-0.4, -0.2) is 406 Å². The molecule has 4 saturated carbocycles. The fraction of sp³-hybridized carbons (Fsp3) is 0.933.